The van der Waals surface area contributed by atoms with Crippen LogP contribution in [0.5, 0.6) is 5.75 Å². The van der Waals surface area contributed by atoms with Crippen LogP contribution in [0.15, 0.2) is 48.5 Å². The number of halogens is 1. The zero-order valence-corrected chi connectivity index (χ0v) is 13.2. The molecule has 0 heterocycles. The van der Waals surface area contributed by atoms with Gasteiger partial charge in [-0.3, -0.25) is 0 Å². The molecule has 5 heteroatoms. The van der Waals surface area contributed by atoms with E-state index >= 15 is 0 Å². The van der Waals surface area contributed by atoms with E-state index in [4.69, 9.17) is 16.3 Å². The summed E-state index contributed by atoms with van der Waals surface area (Å²) in [6.45, 7) is 2.68. The first kappa shape index (κ1) is 16.2. The van der Waals surface area contributed by atoms with Gasteiger partial charge in [0, 0.05) is 11.6 Å². The number of hydrogen-bond donors (Lipinski definition) is 2. The standard InChI is InChI=1S/C17H19ClN2O2/c1-13-5-7-16(8-6-13)22-12-20-17(21)19-10-9-14-3-2-4-15(18)11-14/h2-8,11H,9-10,12H2,1H3,(H2,19,20,21). The molecule has 0 aromatic heterocycles. The van der Waals surface area contributed by atoms with Crippen molar-refractivity contribution in [1.29, 1.82) is 0 Å². The van der Waals surface area contributed by atoms with Crippen molar-refractivity contribution in [3.05, 3.63) is 64.7 Å². The molecule has 4 nitrogen and oxygen atoms in total. The number of aryl methyl sites for hydroxylation is 1. The van der Waals surface area contributed by atoms with Crippen LogP contribution in [-0.4, -0.2) is 19.3 Å². The van der Waals surface area contributed by atoms with Gasteiger partial charge < -0.3 is 15.4 Å². The van der Waals surface area contributed by atoms with Gasteiger partial charge in [-0.1, -0.05) is 41.4 Å². The largest absolute Gasteiger partial charge is 0.473 e. The number of amides is 2. The molecule has 0 saturated heterocycles. The van der Waals surface area contributed by atoms with Gasteiger partial charge in [-0.25, -0.2) is 4.79 Å². The maximum Gasteiger partial charge on any atom is 0.317 e. The molecule has 0 unspecified atom stereocenters. The molecule has 0 spiro atoms. The zero-order chi connectivity index (χ0) is 15.8. The van der Waals surface area contributed by atoms with Crippen LogP contribution in [0, 0.1) is 6.92 Å². The molecule has 0 aliphatic rings. The van der Waals surface area contributed by atoms with Crippen LogP contribution in [0.25, 0.3) is 0 Å². The minimum absolute atomic E-state index is 0.131. The fraction of sp³-hybridized carbons (Fsp3) is 0.235. The van der Waals surface area contributed by atoms with Crippen LogP contribution in [0.2, 0.25) is 5.02 Å². The van der Waals surface area contributed by atoms with Gasteiger partial charge in [-0.2, -0.15) is 0 Å². The zero-order valence-electron chi connectivity index (χ0n) is 12.4. The topological polar surface area (TPSA) is 50.4 Å². The molecule has 0 aliphatic heterocycles. The molecule has 22 heavy (non-hydrogen) atoms. The van der Waals surface area contributed by atoms with Crippen molar-refractivity contribution in [1.82, 2.24) is 10.6 Å². The predicted molar refractivity (Wildman–Crippen MR) is 88.4 cm³/mol. The van der Waals surface area contributed by atoms with E-state index in [-0.39, 0.29) is 12.8 Å². The van der Waals surface area contributed by atoms with E-state index in [1.807, 2.05) is 55.5 Å². The van der Waals surface area contributed by atoms with E-state index in [0.717, 1.165) is 17.7 Å². The Morgan fingerprint density at radius 2 is 1.91 bits per heavy atom. The quantitative estimate of drug-likeness (QED) is 0.801. The summed E-state index contributed by atoms with van der Waals surface area (Å²) in [6.07, 6.45) is 0.729. The van der Waals surface area contributed by atoms with E-state index < -0.39 is 0 Å². The number of hydrogen-bond acceptors (Lipinski definition) is 2. The number of ether oxygens (including phenoxy) is 1. The summed E-state index contributed by atoms with van der Waals surface area (Å²) < 4.78 is 5.42. The Bertz CT molecular complexity index is 614. The monoisotopic (exact) mass is 318 g/mol. The van der Waals surface area contributed by atoms with E-state index in [1.54, 1.807) is 0 Å². The third-order valence-corrected chi connectivity index (χ3v) is 3.32. The average Bonchev–Trinajstić information content (AvgIpc) is 2.49. The lowest BCUT2D eigenvalue weighted by Crippen LogP contribution is -2.38. The van der Waals surface area contributed by atoms with Crippen molar-refractivity contribution in [2.45, 2.75) is 13.3 Å². The normalized spacial score (nSPS) is 10.1. The Morgan fingerprint density at radius 3 is 2.64 bits per heavy atom. The van der Waals surface area contributed by atoms with Crippen LogP contribution >= 0.6 is 11.6 Å². The van der Waals surface area contributed by atoms with Crippen LogP contribution < -0.4 is 15.4 Å². The van der Waals surface area contributed by atoms with E-state index in [2.05, 4.69) is 10.6 Å². The molecule has 0 fully saturated rings. The van der Waals surface area contributed by atoms with Gasteiger partial charge in [0.05, 0.1) is 0 Å². The molecule has 0 radical (unpaired) electrons. The minimum Gasteiger partial charge on any atom is -0.473 e. The van der Waals surface area contributed by atoms with E-state index in [9.17, 15) is 4.79 Å². The molecule has 2 aromatic carbocycles. The molecule has 0 saturated carbocycles. The Kier molecular flexibility index (Phi) is 6.10. The first-order valence-electron chi connectivity index (χ1n) is 7.09. The van der Waals surface area contributed by atoms with Crippen LogP contribution in [0.1, 0.15) is 11.1 Å². The molecule has 116 valence electrons. The van der Waals surface area contributed by atoms with Gasteiger partial charge in [-0.15, -0.1) is 0 Å². The van der Waals surface area contributed by atoms with Crippen molar-refractivity contribution >= 4 is 17.6 Å². The third-order valence-electron chi connectivity index (χ3n) is 3.08. The van der Waals surface area contributed by atoms with Crippen molar-refractivity contribution in [3.8, 4) is 5.75 Å². The Labute approximate surface area is 135 Å². The van der Waals surface area contributed by atoms with Crippen molar-refractivity contribution in [2.24, 2.45) is 0 Å². The van der Waals surface area contributed by atoms with Gasteiger partial charge in [0.15, 0.2) is 6.73 Å². The fourth-order valence-corrected chi connectivity index (χ4v) is 2.11. The van der Waals surface area contributed by atoms with Crippen molar-refractivity contribution < 1.29 is 9.53 Å². The maximum absolute atomic E-state index is 11.6. The number of nitrogens with one attached hydrogen (secondary N) is 2. The molecular weight excluding hydrogens is 300 g/mol. The highest BCUT2D eigenvalue weighted by atomic mass is 35.5. The molecule has 0 bridgehead atoms. The number of rotatable bonds is 6. The van der Waals surface area contributed by atoms with Gasteiger partial charge in [-0.05, 0) is 43.2 Å². The fourth-order valence-electron chi connectivity index (χ4n) is 1.89. The Hall–Kier alpha value is -2.20. The molecule has 2 aromatic rings. The first-order chi connectivity index (χ1) is 10.6. The smallest absolute Gasteiger partial charge is 0.317 e. The SMILES string of the molecule is Cc1ccc(OCNC(=O)NCCc2cccc(Cl)c2)cc1. The highest BCUT2D eigenvalue weighted by Gasteiger charge is 2.00. The lowest BCUT2D eigenvalue weighted by Gasteiger charge is -2.09. The van der Waals surface area contributed by atoms with Crippen molar-refractivity contribution in [3.63, 3.8) is 0 Å². The van der Waals surface area contributed by atoms with Crippen LogP contribution in [-0.2, 0) is 6.42 Å². The van der Waals surface area contributed by atoms with Gasteiger partial charge >= 0.3 is 6.03 Å². The van der Waals surface area contributed by atoms with Crippen LogP contribution in [0.4, 0.5) is 4.79 Å². The summed E-state index contributed by atoms with van der Waals surface area (Å²) in [7, 11) is 0. The van der Waals surface area contributed by atoms with Gasteiger partial charge in [0.2, 0.25) is 0 Å². The van der Waals surface area contributed by atoms with E-state index in [1.165, 1.54) is 5.56 Å². The summed E-state index contributed by atoms with van der Waals surface area (Å²) in [5.74, 6) is 0.727. The second-order valence-corrected chi connectivity index (χ2v) is 5.35. The Balaban J connectivity index is 1.62. The maximum atomic E-state index is 11.6. The Morgan fingerprint density at radius 1 is 1.14 bits per heavy atom. The highest BCUT2D eigenvalue weighted by molar-refractivity contribution is 6.30. The first-order valence-corrected chi connectivity index (χ1v) is 7.47. The summed E-state index contributed by atoms with van der Waals surface area (Å²) in [5.41, 5.74) is 2.25. The highest BCUT2D eigenvalue weighted by Crippen LogP contribution is 2.11. The van der Waals surface area contributed by atoms with Crippen molar-refractivity contribution in [2.75, 3.05) is 13.3 Å². The number of benzene rings is 2. The predicted octanol–water partition coefficient (Wildman–Crippen LogP) is 3.53. The lowest BCUT2D eigenvalue weighted by molar-refractivity contribution is 0.224. The molecular formula is C17H19ClN2O2. The van der Waals surface area contributed by atoms with Gasteiger partial charge in [0.25, 0.3) is 0 Å². The number of carbonyl (C=O) groups is 1. The van der Waals surface area contributed by atoms with E-state index in [0.29, 0.717) is 11.6 Å². The summed E-state index contributed by atoms with van der Waals surface area (Å²) >= 11 is 5.91. The second kappa shape index (κ2) is 8.29. The van der Waals surface area contributed by atoms with Crippen LogP contribution in [0.3, 0.4) is 0 Å². The summed E-state index contributed by atoms with van der Waals surface area (Å²) in [6, 6.07) is 15.0. The molecule has 0 atom stereocenters. The van der Waals surface area contributed by atoms with Gasteiger partial charge in [0.1, 0.15) is 5.75 Å². The molecule has 0 aliphatic carbocycles. The molecule has 2 N–H and O–H groups in total. The molecule has 2 rings (SSSR count). The second-order valence-electron chi connectivity index (χ2n) is 4.91. The number of urea groups is 1. The lowest BCUT2D eigenvalue weighted by atomic mass is 10.1. The minimum atomic E-state index is -0.255. The summed E-state index contributed by atoms with van der Waals surface area (Å²) in [5, 5.41) is 6.12. The average molecular weight is 319 g/mol. The molecule has 2 amide bonds. The summed E-state index contributed by atoms with van der Waals surface area (Å²) in [4.78, 5) is 11.6. The third kappa shape index (κ3) is 5.66. The number of carbonyl (C=O) groups excluding carboxylic acids is 1.